The SMILES string of the molecule is O=C(N[C@@H]1C=C[C@H](CO)C1)c1cc(Oc2ccccc2)ccn1. The van der Waals surface area contributed by atoms with E-state index in [0.717, 1.165) is 0 Å². The molecule has 0 radical (unpaired) electrons. The lowest BCUT2D eigenvalue weighted by molar-refractivity contribution is 0.0935. The molecule has 2 atom stereocenters. The zero-order valence-corrected chi connectivity index (χ0v) is 12.6. The van der Waals surface area contributed by atoms with Crippen molar-refractivity contribution in [2.75, 3.05) is 6.61 Å². The molecule has 2 aromatic rings. The predicted molar refractivity (Wildman–Crippen MR) is 86.3 cm³/mol. The van der Waals surface area contributed by atoms with E-state index in [1.54, 1.807) is 18.3 Å². The molecule has 1 aliphatic carbocycles. The molecule has 0 spiro atoms. The number of nitrogens with one attached hydrogen (secondary N) is 1. The Morgan fingerprint density at radius 3 is 2.78 bits per heavy atom. The minimum absolute atomic E-state index is 0.0693. The van der Waals surface area contributed by atoms with Crippen LogP contribution in [0.1, 0.15) is 16.9 Å². The van der Waals surface area contributed by atoms with Gasteiger partial charge in [-0.2, -0.15) is 0 Å². The molecule has 2 N–H and O–H groups in total. The zero-order chi connectivity index (χ0) is 16.1. The van der Waals surface area contributed by atoms with Gasteiger partial charge in [0.1, 0.15) is 17.2 Å². The van der Waals surface area contributed by atoms with E-state index in [2.05, 4.69) is 10.3 Å². The van der Waals surface area contributed by atoms with Gasteiger partial charge in [-0.05, 0) is 24.6 Å². The second kappa shape index (κ2) is 7.07. The Bertz CT molecular complexity index is 700. The first-order valence-corrected chi connectivity index (χ1v) is 7.53. The number of aromatic nitrogens is 1. The first-order valence-electron chi connectivity index (χ1n) is 7.53. The second-order valence-corrected chi connectivity index (χ2v) is 5.44. The standard InChI is InChI=1S/C18H18N2O3/c21-12-13-6-7-14(10-13)20-18(22)17-11-16(8-9-19-17)23-15-4-2-1-3-5-15/h1-9,11,13-14,21H,10,12H2,(H,20,22)/t13-,14+/m0/s1. The molecule has 0 bridgehead atoms. The smallest absolute Gasteiger partial charge is 0.270 e. The van der Waals surface area contributed by atoms with Crippen LogP contribution in [-0.4, -0.2) is 28.6 Å². The predicted octanol–water partition coefficient (Wildman–Crippen LogP) is 2.54. The van der Waals surface area contributed by atoms with Crippen LogP contribution in [0.3, 0.4) is 0 Å². The van der Waals surface area contributed by atoms with E-state index in [4.69, 9.17) is 9.84 Å². The van der Waals surface area contributed by atoms with Crippen molar-refractivity contribution in [1.29, 1.82) is 0 Å². The molecule has 1 aliphatic rings. The molecule has 5 nitrogen and oxygen atoms in total. The number of aliphatic hydroxyl groups is 1. The first kappa shape index (κ1) is 15.2. The van der Waals surface area contributed by atoms with Gasteiger partial charge in [-0.15, -0.1) is 0 Å². The average molecular weight is 310 g/mol. The fraction of sp³-hybridized carbons (Fsp3) is 0.222. The van der Waals surface area contributed by atoms with Gasteiger partial charge in [0.15, 0.2) is 0 Å². The molecule has 1 aromatic carbocycles. The van der Waals surface area contributed by atoms with Gasteiger partial charge in [-0.1, -0.05) is 30.4 Å². The van der Waals surface area contributed by atoms with E-state index in [-0.39, 0.29) is 24.5 Å². The average Bonchev–Trinajstić information content (AvgIpc) is 3.03. The van der Waals surface area contributed by atoms with Gasteiger partial charge in [0, 0.05) is 30.8 Å². The summed E-state index contributed by atoms with van der Waals surface area (Å²) in [5.41, 5.74) is 0.305. The summed E-state index contributed by atoms with van der Waals surface area (Å²) in [5, 5.41) is 12.0. The van der Waals surface area contributed by atoms with Gasteiger partial charge in [-0.25, -0.2) is 0 Å². The van der Waals surface area contributed by atoms with E-state index >= 15 is 0 Å². The number of rotatable bonds is 5. The summed E-state index contributed by atoms with van der Waals surface area (Å²) in [7, 11) is 0. The molecule has 0 unspecified atom stereocenters. The van der Waals surface area contributed by atoms with Crippen LogP contribution in [0.2, 0.25) is 0 Å². The Morgan fingerprint density at radius 1 is 1.22 bits per heavy atom. The molecule has 3 rings (SSSR count). The van der Waals surface area contributed by atoms with Crippen molar-refractivity contribution in [1.82, 2.24) is 10.3 Å². The van der Waals surface area contributed by atoms with Crippen LogP contribution in [0.25, 0.3) is 0 Å². The maximum absolute atomic E-state index is 12.3. The highest BCUT2D eigenvalue weighted by atomic mass is 16.5. The van der Waals surface area contributed by atoms with Crippen molar-refractivity contribution in [3.8, 4) is 11.5 Å². The van der Waals surface area contributed by atoms with Crippen LogP contribution in [0.4, 0.5) is 0 Å². The van der Waals surface area contributed by atoms with Crippen molar-refractivity contribution >= 4 is 5.91 Å². The Labute approximate surface area is 134 Å². The number of ether oxygens (including phenoxy) is 1. The number of carbonyl (C=O) groups is 1. The van der Waals surface area contributed by atoms with Crippen LogP contribution in [0, 0.1) is 5.92 Å². The molecule has 1 heterocycles. The van der Waals surface area contributed by atoms with E-state index < -0.39 is 0 Å². The summed E-state index contributed by atoms with van der Waals surface area (Å²) in [5.74, 6) is 1.12. The molecule has 0 aliphatic heterocycles. The third kappa shape index (κ3) is 3.96. The van der Waals surface area contributed by atoms with Crippen molar-refractivity contribution in [3.05, 3.63) is 66.5 Å². The summed E-state index contributed by atoms with van der Waals surface area (Å²) < 4.78 is 5.71. The second-order valence-electron chi connectivity index (χ2n) is 5.44. The molecule has 0 saturated carbocycles. The van der Waals surface area contributed by atoms with Crippen LogP contribution in [-0.2, 0) is 0 Å². The maximum atomic E-state index is 12.3. The van der Waals surface area contributed by atoms with Crippen LogP contribution < -0.4 is 10.1 Å². The number of nitrogens with zero attached hydrogens (tertiary/aromatic N) is 1. The number of amides is 1. The van der Waals surface area contributed by atoms with Gasteiger partial charge in [0.2, 0.25) is 0 Å². The summed E-state index contributed by atoms with van der Waals surface area (Å²) in [6.45, 7) is 0.0987. The highest BCUT2D eigenvalue weighted by molar-refractivity contribution is 5.93. The molecule has 118 valence electrons. The van der Waals surface area contributed by atoms with E-state index in [1.165, 1.54) is 0 Å². The molecule has 0 fully saturated rings. The van der Waals surface area contributed by atoms with E-state index in [1.807, 2.05) is 42.5 Å². The largest absolute Gasteiger partial charge is 0.457 e. The van der Waals surface area contributed by atoms with Crippen molar-refractivity contribution < 1.29 is 14.6 Å². The topological polar surface area (TPSA) is 71.5 Å². The fourth-order valence-electron chi connectivity index (χ4n) is 2.48. The van der Waals surface area contributed by atoms with Crippen molar-refractivity contribution in [3.63, 3.8) is 0 Å². The number of hydrogen-bond donors (Lipinski definition) is 2. The molecule has 1 aromatic heterocycles. The van der Waals surface area contributed by atoms with Crippen molar-refractivity contribution in [2.45, 2.75) is 12.5 Å². The van der Waals surface area contributed by atoms with Gasteiger partial charge < -0.3 is 15.2 Å². The number of aliphatic hydroxyl groups excluding tert-OH is 1. The van der Waals surface area contributed by atoms with Gasteiger partial charge >= 0.3 is 0 Å². The maximum Gasteiger partial charge on any atom is 0.270 e. The number of carbonyl (C=O) groups excluding carboxylic acids is 1. The summed E-state index contributed by atoms with van der Waals surface area (Å²) >= 11 is 0. The first-order chi connectivity index (χ1) is 11.2. The highest BCUT2D eigenvalue weighted by Gasteiger charge is 2.20. The minimum Gasteiger partial charge on any atom is -0.457 e. The third-order valence-corrected chi connectivity index (χ3v) is 3.67. The number of benzene rings is 1. The summed E-state index contributed by atoms with van der Waals surface area (Å²) in [6.07, 6.45) is 6.09. The number of pyridine rings is 1. The lowest BCUT2D eigenvalue weighted by atomic mass is 10.1. The normalized spacial score (nSPS) is 19.5. The van der Waals surface area contributed by atoms with Crippen molar-refractivity contribution in [2.24, 2.45) is 5.92 Å². The monoisotopic (exact) mass is 310 g/mol. The Hall–Kier alpha value is -2.66. The van der Waals surface area contributed by atoms with Gasteiger partial charge in [0.25, 0.3) is 5.91 Å². The quantitative estimate of drug-likeness (QED) is 0.833. The van der Waals surface area contributed by atoms with Gasteiger partial charge in [-0.3, -0.25) is 9.78 Å². The number of para-hydroxylation sites is 1. The minimum atomic E-state index is -0.253. The molecular formula is C18H18N2O3. The Morgan fingerprint density at radius 2 is 2.04 bits per heavy atom. The van der Waals surface area contributed by atoms with Crippen LogP contribution in [0.5, 0.6) is 11.5 Å². The Kier molecular flexibility index (Phi) is 4.68. The van der Waals surface area contributed by atoms with Crippen LogP contribution in [0.15, 0.2) is 60.8 Å². The molecule has 0 saturated heterocycles. The molecule has 23 heavy (non-hydrogen) atoms. The zero-order valence-electron chi connectivity index (χ0n) is 12.6. The molecule has 1 amide bonds. The highest BCUT2D eigenvalue weighted by Crippen LogP contribution is 2.21. The van der Waals surface area contributed by atoms with E-state index in [0.29, 0.717) is 23.6 Å². The lowest BCUT2D eigenvalue weighted by Crippen LogP contribution is -2.33. The lowest BCUT2D eigenvalue weighted by Gasteiger charge is -2.13. The van der Waals surface area contributed by atoms with Crippen LogP contribution >= 0.6 is 0 Å². The number of hydrogen-bond acceptors (Lipinski definition) is 4. The Balaban J connectivity index is 1.65. The molecular weight excluding hydrogens is 292 g/mol. The summed E-state index contributed by atoms with van der Waals surface area (Å²) in [4.78, 5) is 16.4. The van der Waals surface area contributed by atoms with Gasteiger partial charge in [0.05, 0.1) is 0 Å². The third-order valence-electron chi connectivity index (χ3n) is 3.67. The summed E-state index contributed by atoms with van der Waals surface area (Å²) in [6, 6.07) is 12.6. The van der Waals surface area contributed by atoms with E-state index in [9.17, 15) is 4.79 Å². The fourth-order valence-corrected chi connectivity index (χ4v) is 2.48. The molecule has 5 heteroatoms.